The van der Waals surface area contributed by atoms with Gasteiger partial charge in [0.2, 0.25) is 5.95 Å². The van der Waals surface area contributed by atoms with Crippen molar-refractivity contribution in [3.8, 4) is 0 Å². The smallest absolute Gasteiger partial charge is 0.227 e. The highest BCUT2D eigenvalue weighted by Gasteiger charge is 2.25. The maximum atomic E-state index is 5.10. The summed E-state index contributed by atoms with van der Waals surface area (Å²) >= 11 is 1.82. The quantitative estimate of drug-likeness (QED) is 0.727. The van der Waals surface area contributed by atoms with E-state index in [-0.39, 0.29) is 0 Å². The summed E-state index contributed by atoms with van der Waals surface area (Å²) in [5.74, 6) is 1.35. The third-order valence-electron chi connectivity index (χ3n) is 4.53. The van der Waals surface area contributed by atoms with Crippen LogP contribution in [0.2, 0.25) is 0 Å². The lowest BCUT2D eigenvalue weighted by atomic mass is 9.87. The predicted molar refractivity (Wildman–Crippen MR) is 92.5 cm³/mol. The van der Waals surface area contributed by atoms with E-state index in [4.69, 9.17) is 9.72 Å². The van der Waals surface area contributed by atoms with Gasteiger partial charge in [0.05, 0.1) is 5.39 Å². The average Bonchev–Trinajstić information content (AvgIpc) is 3.15. The molecular formula is C16H21N5OS. The summed E-state index contributed by atoms with van der Waals surface area (Å²) in [4.78, 5) is 11.9. The second kappa shape index (κ2) is 6.05. The van der Waals surface area contributed by atoms with Crippen molar-refractivity contribution in [2.24, 2.45) is 0 Å². The monoisotopic (exact) mass is 331 g/mol. The Hall–Kier alpha value is -1.73. The van der Waals surface area contributed by atoms with E-state index < -0.39 is 0 Å². The molecule has 4 rings (SSSR count). The maximum Gasteiger partial charge on any atom is 0.227 e. The highest BCUT2D eigenvalue weighted by atomic mass is 32.1. The molecule has 1 atom stereocenters. The van der Waals surface area contributed by atoms with Gasteiger partial charge in [-0.05, 0) is 37.2 Å². The van der Waals surface area contributed by atoms with Gasteiger partial charge in [-0.25, -0.2) is 9.97 Å². The Morgan fingerprint density at radius 3 is 3.26 bits per heavy atom. The number of nitrogens with zero attached hydrogens (tertiary/aromatic N) is 4. The molecule has 1 aliphatic carbocycles. The van der Waals surface area contributed by atoms with Crippen molar-refractivity contribution < 1.29 is 4.74 Å². The first-order valence-corrected chi connectivity index (χ1v) is 8.99. The number of aryl methyl sites for hydroxylation is 1. The summed E-state index contributed by atoms with van der Waals surface area (Å²) in [5, 5.41) is 8.95. The Morgan fingerprint density at radius 2 is 2.39 bits per heavy atom. The van der Waals surface area contributed by atoms with Crippen LogP contribution in [0.4, 0.5) is 5.95 Å². The van der Waals surface area contributed by atoms with Crippen molar-refractivity contribution in [1.82, 2.24) is 19.6 Å². The van der Waals surface area contributed by atoms with Gasteiger partial charge in [0.1, 0.15) is 11.2 Å². The fraction of sp³-hybridized carbons (Fsp3) is 0.562. The third-order valence-corrected chi connectivity index (χ3v) is 5.68. The molecule has 1 unspecified atom stereocenters. The van der Waals surface area contributed by atoms with Gasteiger partial charge in [-0.15, -0.1) is 11.3 Å². The van der Waals surface area contributed by atoms with Gasteiger partial charge in [0.15, 0.2) is 5.65 Å². The van der Waals surface area contributed by atoms with E-state index in [9.17, 15) is 0 Å². The summed E-state index contributed by atoms with van der Waals surface area (Å²) in [6.07, 6.45) is 6.23. The Morgan fingerprint density at radius 1 is 1.48 bits per heavy atom. The number of anilines is 1. The van der Waals surface area contributed by atoms with Crippen molar-refractivity contribution in [3.05, 3.63) is 16.8 Å². The summed E-state index contributed by atoms with van der Waals surface area (Å²) in [6, 6.07) is 0. The summed E-state index contributed by atoms with van der Waals surface area (Å²) in [6.45, 7) is 3.86. The predicted octanol–water partition coefficient (Wildman–Crippen LogP) is 3.23. The van der Waals surface area contributed by atoms with E-state index >= 15 is 0 Å². The van der Waals surface area contributed by atoms with Crippen LogP contribution in [0, 0.1) is 0 Å². The fourth-order valence-electron chi connectivity index (χ4n) is 3.43. The number of aromatic nitrogens is 4. The second-order valence-corrected chi connectivity index (χ2v) is 7.20. The van der Waals surface area contributed by atoms with Crippen LogP contribution in [-0.2, 0) is 11.2 Å². The maximum absolute atomic E-state index is 5.10. The molecule has 0 spiro atoms. The topological polar surface area (TPSA) is 64.3 Å². The number of rotatable bonds is 5. The van der Waals surface area contributed by atoms with E-state index in [2.05, 4.69) is 22.3 Å². The van der Waals surface area contributed by atoms with Crippen LogP contribution < -0.4 is 5.32 Å². The van der Waals surface area contributed by atoms with Crippen LogP contribution in [0.15, 0.2) is 6.33 Å². The van der Waals surface area contributed by atoms with E-state index in [1.165, 1.54) is 28.7 Å². The molecule has 7 heteroatoms. The normalized spacial score (nSPS) is 17.7. The van der Waals surface area contributed by atoms with Crippen molar-refractivity contribution >= 4 is 33.1 Å². The molecule has 6 nitrogen and oxygen atoms in total. The van der Waals surface area contributed by atoms with Crippen molar-refractivity contribution in [2.75, 3.05) is 25.6 Å². The molecular weight excluding hydrogens is 310 g/mol. The third kappa shape index (κ3) is 2.48. The highest BCUT2D eigenvalue weighted by molar-refractivity contribution is 7.19. The molecule has 0 aromatic carbocycles. The molecule has 1 aliphatic rings. The molecule has 3 aromatic rings. The first-order chi connectivity index (χ1) is 11.3. The van der Waals surface area contributed by atoms with E-state index in [0.717, 1.165) is 42.4 Å². The van der Waals surface area contributed by atoms with Gasteiger partial charge in [-0.1, -0.05) is 6.92 Å². The first-order valence-electron chi connectivity index (χ1n) is 8.17. The molecule has 0 fully saturated rings. The number of fused-ring (bicyclic) bond motifs is 5. The molecule has 0 amide bonds. The van der Waals surface area contributed by atoms with Gasteiger partial charge in [0.25, 0.3) is 0 Å². The molecule has 23 heavy (non-hydrogen) atoms. The summed E-state index contributed by atoms with van der Waals surface area (Å²) in [5.41, 5.74) is 2.38. The molecule has 0 radical (unpaired) electrons. The van der Waals surface area contributed by atoms with Crippen molar-refractivity contribution in [3.63, 3.8) is 0 Å². The number of ether oxygens (including phenoxy) is 1. The lowest BCUT2D eigenvalue weighted by Gasteiger charge is -2.18. The highest BCUT2D eigenvalue weighted by Crippen LogP contribution is 2.43. The van der Waals surface area contributed by atoms with Crippen LogP contribution in [-0.4, -0.2) is 39.8 Å². The van der Waals surface area contributed by atoms with E-state index in [1.807, 2.05) is 15.9 Å². The Labute approximate surface area is 138 Å². The molecule has 0 aliphatic heterocycles. The molecule has 1 N–H and O–H groups in total. The zero-order chi connectivity index (χ0) is 15.8. The van der Waals surface area contributed by atoms with Gasteiger partial charge in [-0.3, -0.25) is 0 Å². The van der Waals surface area contributed by atoms with Gasteiger partial charge >= 0.3 is 0 Å². The van der Waals surface area contributed by atoms with Crippen molar-refractivity contribution in [2.45, 2.75) is 38.5 Å². The van der Waals surface area contributed by atoms with E-state index in [1.54, 1.807) is 13.4 Å². The Bertz CT molecular complexity index is 840. The summed E-state index contributed by atoms with van der Waals surface area (Å²) < 4.78 is 6.93. The average molecular weight is 331 g/mol. The van der Waals surface area contributed by atoms with Crippen LogP contribution >= 0.6 is 11.3 Å². The second-order valence-electron chi connectivity index (χ2n) is 6.12. The van der Waals surface area contributed by atoms with Crippen LogP contribution in [0.1, 0.15) is 42.5 Å². The Kier molecular flexibility index (Phi) is 3.90. The van der Waals surface area contributed by atoms with Gasteiger partial charge < -0.3 is 10.1 Å². The minimum atomic E-state index is 0.579. The minimum Gasteiger partial charge on any atom is -0.385 e. The number of methoxy groups -OCH3 is 1. The molecule has 3 heterocycles. The molecule has 0 saturated heterocycles. The number of hydrogen-bond donors (Lipinski definition) is 1. The molecule has 122 valence electrons. The summed E-state index contributed by atoms with van der Waals surface area (Å²) in [7, 11) is 1.72. The first kappa shape index (κ1) is 14.8. The largest absolute Gasteiger partial charge is 0.385 e. The van der Waals surface area contributed by atoms with Crippen LogP contribution in [0.3, 0.4) is 0 Å². The van der Waals surface area contributed by atoms with Gasteiger partial charge in [-0.2, -0.15) is 9.61 Å². The SMILES string of the molecule is COCCCNc1nc2sc3c(c2c2ncnn12)C(C)CCC3. The number of thiophene rings is 1. The van der Waals surface area contributed by atoms with Crippen LogP contribution in [0.5, 0.6) is 0 Å². The van der Waals surface area contributed by atoms with Crippen LogP contribution in [0.25, 0.3) is 15.9 Å². The fourth-order valence-corrected chi connectivity index (χ4v) is 4.76. The van der Waals surface area contributed by atoms with Gasteiger partial charge in [0, 0.05) is 25.1 Å². The number of nitrogens with one attached hydrogen (secondary N) is 1. The standard InChI is InChI=1S/C16H21N5OS/c1-10-5-3-6-11-12(10)13-14-18-9-19-21(14)16(20-15(13)23-11)17-7-4-8-22-2/h9-10H,3-8H2,1-2H3,(H,17,20). The minimum absolute atomic E-state index is 0.579. The van der Waals surface area contributed by atoms with E-state index in [0.29, 0.717) is 5.92 Å². The lowest BCUT2D eigenvalue weighted by Crippen LogP contribution is -2.11. The molecule has 3 aromatic heterocycles. The zero-order valence-corrected chi connectivity index (χ0v) is 14.3. The zero-order valence-electron chi connectivity index (χ0n) is 13.5. The molecule has 0 bridgehead atoms. The Balaban J connectivity index is 1.81. The number of hydrogen-bond acceptors (Lipinski definition) is 6. The molecule has 0 saturated carbocycles. The lowest BCUT2D eigenvalue weighted by molar-refractivity contribution is 0.197. The van der Waals surface area contributed by atoms with Crippen molar-refractivity contribution in [1.29, 1.82) is 0 Å².